The smallest absolute Gasteiger partial charge is 0.247 e. The molecule has 7 heteroatoms. The average Bonchev–Trinajstić information content (AvgIpc) is 2.59. The number of rotatable bonds is 1. The summed E-state index contributed by atoms with van der Waals surface area (Å²) in [5.41, 5.74) is -1.48. The normalized spacial score (nSPS) is 10.0. The van der Waals surface area contributed by atoms with Crippen molar-refractivity contribution in [2.75, 3.05) is 0 Å². The van der Waals surface area contributed by atoms with Crippen molar-refractivity contribution in [1.82, 2.24) is 14.8 Å². The molecule has 0 saturated carbocycles. The molecule has 0 atom stereocenters. The fraction of sp³-hybridized carbons (Fsp3) is 0. The first-order chi connectivity index (χ1) is 7.63. The number of halogens is 1. The minimum absolute atomic E-state index is 0.0383. The Bertz CT molecular complexity index is 661. The topological polar surface area (TPSA) is 94.4 Å². The SMILES string of the molecule is N#Cc1cc(F)ccc1-n1c(=O)[nH][nH]c1=O. The molecule has 0 bridgehead atoms. The molecule has 0 aliphatic carbocycles. The Balaban J connectivity index is 2.81. The molecule has 80 valence electrons. The summed E-state index contributed by atoms with van der Waals surface area (Å²) < 4.78 is 13.6. The molecule has 2 N–H and O–H groups in total. The second-order valence-corrected chi connectivity index (χ2v) is 2.97. The van der Waals surface area contributed by atoms with Gasteiger partial charge in [0, 0.05) is 0 Å². The van der Waals surface area contributed by atoms with Gasteiger partial charge in [0.25, 0.3) is 0 Å². The molecule has 0 amide bonds. The van der Waals surface area contributed by atoms with Gasteiger partial charge in [-0.05, 0) is 18.2 Å². The van der Waals surface area contributed by atoms with Gasteiger partial charge in [0.2, 0.25) is 0 Å². The van der Waals surface area contributed by atoms with Gasteiger partial charge in [-0.3, -0.25) is 0 Å². The molecular formula is C9H5FN4O2. The minimum atomic E-state index is -0.715. The zero-order valence-corrected chi connectivity index (χ0v) is 7.82. The van der Waals surface area contributed by atoms with Crippen LogP contribution in [0.1, 0.15) is 5.56 Å². The van der Waals surface area contributed by atoms with Crippen molar-refractivity contribution >= 4 is 0 Å². The Hall–Kier alpha value is -2.62. The maximum absolute atomic E-state index is 12.8. The van der Waals surface area contributed by atoms with E-state index < -0.39 is 17.2 Å². The first-order valence-electron chi connectivity index (χ1n) is 4.23. The standard InChI is InChI=1S/C9H5FN4O2/c10-6-1-2-7(5(3-6)4-11)14-8(15)12-13-9(14)16/h1-3H,(H,12,15)(H,13,16). The lowest BCUT2D eigenvalue weighted by molar-refractivity contribution is 0.626. The van der Waals surface area contributed by atoms with Crippen LogP contribution in [0.25, 0.3) is 5.69 Å². The van der Waals surface area contributed by atoms with Crippen molar-refractivity contribution in [3.05, 3.63) is 50.5 Å². The highest BCUT2D eigenvalue weighted by atomic mass is 19.1. The monoisotopic (exact) mass is 220 g/mol. The summed E-state index contributed by atoms with van der Waals surface area (Å²) in [5, 5.41) is 12.9. The van der Waals surface area contributed by atoms with Crippen molar-refractivity contribution < 1.29 is 4.39 Å². The number of hydrogen-bond donors (Lipinski definition) is 2. The Morgan fingerprint density at radius 2 is 1.88 bits per heavy atom. The number of nitrogens with zero attached hydrogens (tertiary/aromatic N) is 2. The average molecular weight is 220 g/mol. The van der Waals surface area contributed by atoms with Crippen LogP contribution in [-0.4, -0.2) is 14.8 Å². The summed E-state index contributed by atoms with van der Waals surface area (Å²) in [6.07, 6.45) is 0. The molecule has 2 aromatic rings. The van der Waals surface area contributed by atoms with Crippen LogP contribution in [0.15, 0.2) is 27.8 Å². The van der Waals surface area contributed by atoms with Gasteiger partial charge in [-0.1, -0.05) is 0 Å². The van der Waals surface area contributed by atoms with Crippen LogP contribution in [0, 0.1) is 17.1 Å². The third-order valence-electron chi connectivity index (χ3n) is 2.00. The van der Waals surface area contributed by atoms with Gasteiger partial charge in [-0.15, -0.1) is 0 Å². The largest absolute Gasteiger partial charge is 0.349 e. The van der Waals surface area contributed by atoms with Gasteiger partial charge < -0.3 is 0 Å². The number of aromatic nitrogens is 3. The third kappa shape index (κ3) is 1.42. The predicted molar refractivity (Wildman–Crippen MR) is 51.7 cm³/mol. The Labute approximate surface area is 87.6 Å². The van der Waals surface area contributed by atoms with Crippen LogP contribution in [0.4, 0.5) is 4.39 Å². The van der Waals surface area contributed by atoms with Gasteiger partial charge in [0.15, 0.2) is 0 Å². The van der Waals surface area contributed by atoms with E-state index in [0.717, 1.165) is 16.7 Å². The maximum Gasteiger partial charge on any atom is 0.349 e. The van der Waals surface area contributed by atoms with Crippen molar-refractivity contribution in [1.29, 1.82) is 5.26 Å². The van der Waals surface area contributed by atoms with Crippen molar-refractivity contribution in [3.63, 3.8) is 0 Å². The van der Waals surface area contributed by atoms with Crippen LogP contribution in [0.5, 0.6) is 0 Å². The summed E-state index contributed by atoms with van der Waals surface area (Å²) in [7, 11) is 0. The maximum atomic E-state index is 12.8. The summed E-state index contributed by atoms with van der Waals surface area (Å²) in [6, 6.07) is 4.92. The van der Waals surface area contributed by atoms with Gasteiger partial charge in [-0.2, -0.15) is 5.26 Å². The van der Waals surface area contributed by atoms with E-state index in [1.165, 1.54) is 6.07 Å². The van der Waals surface area contributed by atoms with Gasteiger partial charge in [0.05, 0.1) is 11.3 Å². The molecule has 1 heterocycles. The molecule has 0 unspecified atom stereocenters. The van der Waals surface area contributed by atoms with E-state index in [-0.39, 0.29) is 11.3 Å². The van der Waals surface area contributed by atoms with Crippen LogP contribution in [0.2, 0.25) is 0 Å². The molecule has 0 saturated heterocycles. The van der Waals surface area contributed by atoms with Crippen molar-refractivity contribution in [2.24, 2.45) is 0 Å². The van der Waals surface area contributed by atoms with E-state index in [1.807, 2.05) is 0 Å². The number of nitriles is 1. The van der Waals surface area contributed by atoms with Crippen LogP contribution in [-0.2, 0) is 0 Å². The van der Waals surface area contributed by atoms with E-state index in [2.05, 4.69) is 10.2 Å². The molecule has 2 rings (SSSR count). The minimum Gasteiger partial charge on any atom is -0.247 e. The third-order valence-corrected chi connectivity index (χ3v) is 2.00. The number of benzene rings is 1. The Kier molecular flexibility index (Phi) is 2.17. The van der Waals surface area contributed by atoms with Gasteiger partial charge in [-0.25, -0.2) is 28.7 Å². The number of aromatic amines is 2. The van der Waals surface area contributed by atoms with Gasteiger partial charge in [0.1, 0.15) is 11.9 Å². The van der Waals surface area contributed by atoms with E-state index >= 15 is 0 Å². The second kappa shape index (κ2) is 3.51. The highest BCUT2D eigenvalue weighted by Crippen LogP contribution is 2.11. The lowest BCUT2D eigenvalue weighted by Crippen LogP contribution is -2.25. The fourth-order valence-corrected chi connectivity index (χ4v) is 1.32. The highest BCUT2D eigenvalue weighted by molar-refractivity contribution is 5.48. The zero-order valence-electron chi connectivity index (χ0n) is 7.82. The molecule has 6 nitrogen and oxygen atoms in total. The predicted octanol–water partition coefficient (Wildman–Crippen LogP) is -0.135. The quantitative estimate of drug-likeness (QED) is 0.700. The van der Waals surface area contributed by atoms with Crippen LogP contribution < -0.4 is 11.4 Å². The van der Waals surface area contributed by atoms with E-state index in [1.54, 1.807) is 6.07 Å². The lowest BCUT2D eigenvalue weighted by Gasteiger charge is -2.01. The second-order valence-electron chi connectivity index (χ2n) is 2.97. The summed E-state index contributed by atoms with van der Waals surface area (Å²) in [4.78, 5) is 22.5. The van der Waals surface area contributed by atoms with Crippen LogP contribution in [0.3, 0.4) is 0 Å². The van der Waals surface area contributed by atoms with E-state index in [0.29, 0.717) is 0 Å². The highest BCUT2D eigenvalue weighted by Gasteiger charge is 2.11. The summed E-state index contributed by atoms with van der Waals surface area (Å²) in [5.74, 6) is -0.611. The summed E-state index contributed by atoms with van der Waals surface area (Å²) in [6.45, 7) is 0. The fourth-order valence-electron chi connectivity index (χ4n) is 1.32. The first kappa shape index (κ1) is 9.92. The first-order valence-corrected chi connectivity index (χ1v) is 4.23. The molecule has 0 radical (unpaired) electrons. The lowest BCUT2D eigenvalue weighted by atomic mass is 10.2. The Morgan fingerprint density at radius 1 is 1.25 bits per heavy atom. The molecule has 0 aliphatic rings. The van der Waals surface area contributed by atoms with Crippen molar-refractivity contribution in [3.8, 4) is 11.8 Å². The molecule has 0 fully saturated rings. The van der Waals surface area contributed by atoms with Crippen LogP contribution >= 0.6 is 0 Å². The van der Waals surface area contributed by atoms with E-state index in [9.17, 15) is 14.0 Å². The summed E-state index contributed by atoms with van der Waals surface area (Å²) >= 11 is 0. The van der Waals surface area contributed by atoms with Crippen molar-refractivity contribution in [2.45, 2.75) is 0 Å². The van der Waals surface area contributed by atoms with E-state index in [4.69, 9.17) is 5.26 Å². The number of H-pyrrole nitrogens is 2. The number of hydrogen-bond acceptors (Lipinski definition) is 3. The Morgan fingerprint density at radius 3 is 2.44 bits per heavy atom. The molecule has 0 spiro atoms. The van der Waals surface area contributed by atoms with Gasteiger partial charge >= 0.3 is 11.4 Å². The molecule has 16 heavy (non-hydrogen) atoms. The zero-order chi connectivity index (χ0) is 11.7. The molecule has 0 aliphatic heterocycles. The molecule has 1 aromatic heterocycles. The number of nitrogens with one attached hydrogen (secondary N) is 2. The molecule has 1 aromatic carbocycles. The molecular weight excluding hydrogens is 215 g/mol.